The van der Waals surface area contributed by atoms with E-state index in [2.05, 4.69) is 35.5 Å². The molecule has 4 heterocycles. The summed E-state index contributed by atoms with van der Waals surface area (Å²) in [5, 5.41) is 7.73. The van der Waals surface area contributed by atoms with E-state index in [-0.39, 0.29) is 73.9 Å². The quantitative estimate of drug-likeness (QED) is 0.161. The van der Waals surface area contributed by atoms with Gasteiger partial charge in [-0.1, -0.05) is 75.4 Å². The van der Waals surface area contributed by atoms with Gasteiger partial charge >= 0.3 is 0 Å². The van der Waals surface area contributed by atoms with Crippen molar-refractivity contribution in [1.29, 1.82) is 0 Å². The number of carbonyl (C=O) groups is 3. The van der Waals surface area contributed by atoms with E-state index in [9.17, 15) is 28.0 Å². The van der Waals surface area contributed by atoms with Crippen molar-refractivity contribution in [1.82, 2.24) is 29.8 Å². The average Bonchev–Trinajstić information content (AvgIpc) is 3.31. The number of halogens is 5. The predicted octanol–water partition coefficient (Wildman–Crippen LogP) is 6.51. The van der Waals surface area contributed by atoms with Crippen LogP contribution in [0.25, 0.3) is 23.3 Å². The number of ether oxygens (including phenoxy) is 1. The Balaban J connectivity index is 0.00000240. The molecule has 0 aliphatic carbocycles. The first-order valence-corrected chi connectivity index (χ1v) is 23.0. The van der Waals surface area contributed by atoms with Gasteiger partial charge in [0.1, 0.15) is 23.0 Å². The molecule has 4 aromatic rings. The Kier molecular flexibility index (Phi) is 17.8. The molecule has 0 unspecified atom stereocenters. The standard InChI is InChI=1S/C48H51F5N6O5.C3H8/c1-3-6-37-36(4-2)46(61)55-54-42(37)25-31-9-10-39(49)38(24-31)47(62)59-21-19-57(20-22-59)44(60)29-56-15-11-34(12-16-56)64-35-13-17-58(18-14-35)48(63)45-40(50)27-33(28-41(45)51)32-8-5-7-30(23-32)26-43(52)53;1-3-2/h3-10,23-24,27-28,34-35,43H,1,11-22,25-26,29H2,2H3,(H,55,61);3H2,1-2H3/b36-4+,37-6+;. The highest BCUT2D eigenvalue weighted by Crippen LogP contribution is 2.29. The molecule has 3 aromatic carbocycles. The van der Waals surface area contributed by atoms with Gasteiger partial charge in [0.05, 0.1) is 30.0 Å². The number of aromatic amines is 1. The van der Waals surface area contributed by atoms with Crippen molar-refractivity contribution < 1.29 is 41.1 Å². The largest absolute Gasteiger partial charge is 0.375 e. The number of nitrogens with one attached hydrogen (secondary N) is 1. The van der Waals surface area contributed by atoms with Gasteiger partial charge in [0.2, 0.25) is 12.3 Å². The molecule has 0 bridgehead atoms. The van der Waals surface area contributed by atoms with Crippen LogP contribution in [-0.4, -0.2) is 125 Å². The fourth-order valence-corrected chi connectivity index (χ4v) is 8.73. The number of alkyl halides is 2. The molecule has 358 valence electrons. The van der Waals surface area contributed by atoms with Crippen LogP contribution in [0.15, 0.2) is 72.0 Å². The first-order chi connectivity index (χ1) is 32.2. The van der Waals surface area contributed by atoms with Crippen molar-refractivity contribution in [2.24, 2.45) is 0 Å². The van der Waals surface area contributed by atoms with Crippen molar-refractivity contribution in [3.8, 4) is 11.1 Å². The van der Waals surface area contributed by atoms with Crippen LogP contribution in [0, 0.1) is 17.5 Å². The molecule has 0 radical (unpaired) electrons. The number of amides is 3. The Labute approximate surface area is 387 Å². The molecule has 0 saturated carbocycles. The van der Waals surface area contributed by atoms with E-state index in [0.29, 0.717) is 84.7 Å². The van der Waals surface area contributed by atoms with Gasteiger partial charge in [-0.05, 0) is 79.1 Å². The van der Waals surface area contributed by atoms with Crippen molar-refractivity contribution in [2.45, 2.75) is 84.4 Å². The number of piperazine rings is 1. The second kappa shape index (κ2) is 23.6. The molecular weight excluding hydrogens is 872 g/mol. The molecule has 0 atom stereocenters. The van der Waals surface area contributed by atoms with Gasteiger partial charge in [0, 0.05) is 75.6 Å². The molecule has 3 fully saturated rings. The third-order valence-electron chi connectivity index (χ3n) is 12.2. The number of carbonyl (C=O) groups excluding carboxylic acids is 3. The highest BCUT2D eigenvalue weighted by atomic mass is 19.3. The second-order valence-corrected chi connectivity index (χ2v) is 17.1. The van der Waals surface area contributed by atoms with Crippen LogP contribution in [-0.2, 0) is 22.4 Å². The molecule has 67 heavy (non-hydrogen) atoms. The summed E-state index contributed by atoms with van der Waals surface area (Å²) in [4.78, 5) is 59.2. The van der Waals surface area contributed by atoms with Crippen LogP contribution in [0.3, 0.4) is 0 Å². The average molecular weight is 931 g/mol. The predicted molar refractivity (Wildman–Crippen MR) is 248 cm³/mol. The van der Waals surface area contributed by atoms with Gasteiger partial charge in [-0.3, -0.25) is 24.1 Å². The summed E-state index contributed by atoms with van der Waals surface area (Å²) < 4.78 is 77.7. The molecule has 0 spiro atoms. The van der Waals surface area contributed by atoms with Crippen LogP contribution < -0.4 is 16.0 Å². The summed E-state index contributed by atoms with van der Waals surface area (Å²) in [6.07, 6.45) is 5.61. The number of rotatable bonds is 12. The lowest BCUT2D eigenvalue weighted by Gasteiger charge is -2.38. The molecular formula is C51H59F5N6O5. The maximum absolute atomic E-state index is 15.2. The third-order valence-corrected chi connectivity index (χ3v) is 12.2. The van der Waals surface area contributed by atoms with E-state index in [4.69, 9.17) is 4.74 Å². The Bertz CT molecular complexity index is 2560. The van der Waals surface area contributed by atoms with E-state index in [0.717, 1.165) is 12.1 Å². The summed E-state index contributed by atoms with van der Waals surface area (Å²) >= 11 is 0. The van der Waals surface area contributed by atoms with Crippen LogP contribution in [0.4, 0.5) is 22.0 Å². The Morgan fingerprint density at radius 2 is 1.39 bits per heavy atom. The fourth-order valence-electron chi connectivity index (χ4n) is 8.73. The Morgan fingerprint density at radius 1 is 0.776 bits per heavy atom. The van der Waals surface area contributed by atoms with Gasteiger partial charge in [0.25, 0.3) is 17.4 Å². The van der Waals surface area contributed by atoms with Crippen LogP contribution >= 0.6 is 0 Å². The molecule has 3 saturated heterocycles. The lowest BCUT2D eigenvalue weighted by molar-refractivity contribution is -0.135. The molecule has 3 amide bonds. The minimum absolute atomic E-state index is 0.0403. The smallest absolute Gasteiger partial charge is 0.271 e. The number of allylic oxidation sites excluding steroid dienone is 1. The summed E-state index contributed by atoms with van der Waals surface area (Å²) in [6.45, 7) is 12.9. The molecule has 3 aliphatic rings. The second-order valence-electron chi connectivity index (χ2n) is 17.1. The maximum Gasteiger partial charge on any atom is 0.271 e. The van der Waals surface area contributed by atoms with Crippen molar-refractivity contribution in [3.63, 3.8) is 0 Å². The minimum Gasteiger partial charge on any atom is -0.375 e. The van der Waals surface area contributed by atoms with E-state index in [1.165, 1.54) is 35.6 Å². The lowest BCUT2D eigenvalue weighted by atomic mass is 9.99. The number of hydrogen-bond acceptors (Lipinski definition) is 7. The molecule has 3 aliphatic heterocycles. The molecule has 1 N–H and O–H groups in total. The number of aromatic nitrogens is 2. The van der Waals surface area contributed by atoms with Crippen LogP contribution in [0.1, 0.15) is 90.4 Å². The summed E-state index contributed by atoms with van der Waals surface area (Å²) in [5.41, 5.74) is 0.970. The molecule has 11 nitrogen and oxygen atoms in total. The number of benzene rings is 3. The van der Waals surface area contributed by atoms with E-state index < -0.39 is 47.7 Å². The first-order valence-electron chi connectivity index (χ1n) is 23.0. The van der Waals surface area contributed by atoms with E-state index in [1.54, 1.807) is 53.2 Å². The van der Waals surface area contributed by atoms with Crippen molar-refractivity contribution in [2.75, 3.05) is 58.9 Å². The van der Waals surface area contributed by atoms with Crippen LogP contribution in [0.5, 0.6) is 0 Å². The lowest BCUT2D eigenvalue weighted by Crippen LogP contribution is -2.53. The fraction of sp³-hybridized carbons (Fsp3) is 0.431. The molecule has 7 rings (SSSR count). The SMILES string of the molecule is C=C/C=c1/c(Cc2ccc(F)c(C(=O)N3CCN(C(=O)CN4CCC(OC5CCN(C(=O)c6c(F)cc(-c7cccc(CC(F)F)c7)cc6F)CC5)CC4)CC3)c2)n[nH]c(=O)/c1=C/C.CCC. The third kappa shape index (κ3) is 12.9. The number of likely N-dealkylation sites (tertiary alicyclic amines) is 2. The summed E-state index contributed by atoms with van der Waals surface area (Å²) in [5.74, 6) is -3.96. The maximum atomic E-state index is 15.2. The van der Waals surface area contributed by atoms with Gasteiger partial charge in [-0.15, -0.1) is 0 Å². The number of hydrogen-bond donors (Lipinski definition) is 1. The monoisotopic (exact) mass is 930 g/mol. The number of H-pyrrole nitrogens is 1. The van der Waals surface area contributed by atoms with Gasteiger partial charge in [-0.25, -0.2) is 27.1 Å². The van der Waals surface area contributed by atoms with Gasteiger partial charge in [-0.2, -0.15) is 5.10 Å². The molecule has 16 heteroatoms. The van der Waals surface area contributed by atoms with Crippen molar-refractivity contribution in [3.05, 3.63) is 133 Å². The Hall–Kier alpha value is -6.00. The van der Waals surface area contributed by atoms with Gasteiger partial charge < -0.3 is 19.4 Å². The normalized spacial score (nSPS) is 16.9. The van der Waals surface area contributed by atoms with Crippen molar-refractivity contribution >= 4 is 29.9 Å². The zero-order chi connectivity index (χ0) is 48.2. The Morgan fingerprint density at radius 3 is 2.00 bits per heavy atom. The number of piperidine rings is 2. The zero-order valence-electron chi connectivity index (χ0n) is 38.3. The summed E-state index contributed by atoms with van der Waals surface area (Å²) in [6, 6.07) is 12.5. The summed E-state index contributed by atoms with van der Waals surface area (Å²) in [7, 11) is 0. The van der Waals surface area contributed by atoms with Crippen LogP contribution in [0.2, 0.25) is 0 Å². The topological polar surface area (TPSA) is 119 Å². The number of nitrogens with zero attached hydrogens (tertiary/aromatic N) is 5. The van der Waals surface area contributed by atoms with E-state index >= 15 is 13.2 Å². The molecule has 1 aromatic heterocycles. The highest BCUT2D eigenvalue weighted by Gasteiger charge is 2.32. The first kappa shape index (κ1) is 50.4. The van der Waals surface area contributed by atoms with E-state index in [1.807, 2.05) is 0 Å². The minimum atomic E-state index is -2.56. The van der Waals surface area contributed by atoms with Gasteiger partial charge in [0.15, 0.2) is 0 Å². The highest BCUT2D eigenvalue weighted by molar-refractivity contribution is 5.96. The zero-order valence-corrected chi connectivity index (χ0v) is 38.3.